The van der Waals surface area contributed by atoms with E-state index in [0.717, 1.165) is 28.2 Å². The van der Waals surface area contributed by atoms with Crippen molar-refractivity contribution >= 4 is 11.7 Å². The standard InChI is InChI=1S/C21H24N8O/c1-14-19(16(3)29-21(26-14)23-12-25-29)9-10-20(30)27(4)15(2)17-5-7-18(8-6-17)28-13-22-11-24-28/h5-8,11-13,15H,9-10H2,1-4H3/t15-/m1/s1. The van der Waals surface area contributed by atoms with E-state index in [-0.39, 0.29) is 11.9 Å². The van der Waals surface area contributed by atoms with E-state index in [1.54, 1.807) is 20.4 Å². The predicted octanol–water partition coefficient (Wildman–Crippen LogP) is 2.47. The molecule has 1 aromatic carbocycles. The van der Waals surface area contributed by atoms with Crippen molar-refractivity contribution < 1.29 is 4.79 Å². The fourth-order valence-electron chi connectivity index (χ4n) is 3.61. The van der Waals surface area contributed by atoms with E-state index in [1.165, 1.54) is 12.7 Å². The fraction of sp³-hybridized carbons (Fsp3) is 0.333. The fourth-order valence-corrected chi connectivity index (χ4v) is 3.61. The minimum absolute atomic E-state index is 0.0413. The number of nitrogens with zero attached hydrogens (tertiary/aromatic N) is 8. The number of benzene rings is 1. The second-order valence-corrected chi connectivity index (χ2v) is 7.35. The maximum Gasteiger partial charge on any atom is 0.252 e. The van der Waals surface area contributed by atoms with Crippen molar-refractivity contribution in [1.29, 1.82) is 0 Å². The zero-order chi connectivity index (χ0) is 21.3. The molecule has 9 heteroatoms. The monoisotopic (exact) mass is 404 g/mol. The Kier molecular flexibility index (Phi) is 5.26. The summed E-state index contributed by atoms with van der Waals surface area (Å²) in [4.78, 5) is 27.2. The van der Waals surface area contributed by atoms with Gasteiger partial charge in [0.25, 0.3) is 5.78 Å². The highest BCUT2D eigenvalue weighted by molar-refractivity contribution is 5.76. The second kappa shape index (κ2) is 8.02. The van der Waals surface area contributed by atoms with Crippen LogP contribution >= 0.6 is 0 Å². The number of amides is 1. The number of rotatable bonds is 6. The third-order valence-corrected chi connectivity index (χ3v) is 5.61. The highest BCUT2D eigenvalue weighted by Gasteiger charge is 2.19. The Morgan fingerprint density at radius 3 is 2.60 bits per heavy atom. The SMILES string of the molecule is Cc1nc2ncnn2c(C)c1CCC(=O)N(C)[C@H](C)c1ccc(-n2cncn2)cc1. The van der Waals surface area contributed by atoms with Crippen molar-refractivity contribution in [2.45, 2.75) is 39.7 Å². The Hall–Kier alpha value is -3.62. The van der Waals surface area contributed by atoms with Crippen LogP contribution in [-0.4, -0.2) is 52.2 Å². The van der Waals surface area contributed by atoms with E-state index in [2.05, 4.69) is 25.1 Å². The summed E-state index contributed by atoms with van der Waals surface area (Å²) in [5, 5.41) is 8.35. The first-order valence-electron chi connectivity index (χ1n) is 9.82. The Labute approximate surface area is 174 Å². The smallest absolute Gasteiger partial charge is 0.252 e. The highest BCUT2D eigenvalue weighted by atomic mass is 16.2. The van der Waals surface area contributed by atoms with E-state index in [1.807, 2.05) is 52.1 Å². The average molecular weight is 404 g/mol. The normalized spacial score (nSPS) is 12.3. The van der Waals surface area contributed by atoms with Gasteiger partial charge in [-0.15, -0.1) is 0 Å². The first-order chi connectivity index (χ1) is 14.5. The van der Waals surface area contributed by atoms with Crippen LogP contribution in [0.1, 0.15) is 41.9 Å². The van der Waals surface area contributed by atoms with Gasteiger partial charge in [-0.1, -0.05) is 12.1 Å². The van der Waals surface area contributed by atoms with Gasteiger partial charge in [0.15, 0.2) is 0 Å². The van der Waals surface area contributed by atoms with E-state index in [9.17, 15) is 4.79 Å². The summed E-state index contributed by atoms with van der Waals surface area (Å²) < 4.78 is 3.42. The van der Waals surface area contributed by atoms with Crippen LogP contribution in [0.3, 0.4) is 0 Å². The van der Waals surface area contributed by atoms with Crippen molar-refractivity contribution in [2.24, 2.45) is 0 Å². The Balaban J connectivity index is 1.43. The van der Waals surface area contributed by atoms with Gasteiger partial charge in [-0.3, -0.25) is 4.79 Å². The van der Waals surface area contributed by atoms with E-state index < -0.39 is 0 Å². The number of aryl methyl sites for hydroxylation is 2. The van der Waals surface area contributed by atoms with Gasteiger partial charge in [0.05, 0.1) is 11.7 Å². The summed E-state index contributed by atoms with van der Waals surface area (Å²) >= 11 is 0. The largest absolute Gasteiger partial charge is 0.339 e. The van der Waals surface area contributed by atoms with Gasteiger partial charge in [0, 0.05) is 24.9 Å². The lowest BCUT2D eigenvalue weighted by molar-refractivity contribution is -0.131. The molecular weight excluding hydrogens is 380 g/mol. The lowest BCUT2D eigenvalue weighted by atomic mass is 10.0. The molecule has 0 radical (unpaired) electrons. The minimum atomic E-state index is -0.0413. The molecule has 0 spiro atoms. The van der Waals surface area contributed by atoms with Gasteiger partial charge in [0.1, 0.15) is 19.0 Å². The van der Waals surface area contributed by atoms with Crippen LogP contribution in [-0.2, 0) is 11.2 Å². The topological polar surface area (TPSA) is 94.1 Å². The molecule has 0 aliphatic heterocycles. The molecule has 0 aliphatic rings. The summed E-state index contributed by atoms with van der Waals surface area (Å²) in [6.45, 7) is 5.96. The summed E-state index contributed by atoms with van der Waals surface area (Å²) in [5.74, 6) is 0.667. The number of hydrogen-bond acceptors (Lipinski definition) is 6. The van der Waals surface area contributed by atoms with Gasteiger partial charge in [0.2, 0.25) is 5.91 Å². The molecule has 1 amide bonds. The molecule has 3 aromatic heterocycles. The van der Waals surface area contributed by atoms with Crippen LogP contribution in [0.4, 0.5) is 0 Å². The summed E-state index contributed by atoms with van der Waals surface area (Å²) in [6.07, 6.45) is 5.67. The molecular formula is C21H24N8O. The second-order valence-electron chi connectivity index (χ2n) is 7.35. The van der Waals surface area contributed by atoms with Gasteiger partial charge in [-0.25, -0.2) is 19.2 Å². The van der Waals surface area contributed by atoms with Crippen molar-refractivity contribution in [2.75, 3.05) is 7.05 Å². The van der Waals surface area contributed by atoms with Crippen molar-refractivity contribution in [1.82, 2.24) is 39.2 Å². The van der Waals surface area contributed by atoms with Gasteiger partial charge in [-0.2, -0.15) is 15.2 Å². The molecule has 0 aliphatic carbocycles. The first-order valence-corrected chi connectivity index (χ1v) is 9.82. The number of carbonyl (C=O) groups is 1. The summed E-state index contributed by atoms with van der Waals surface area (Å²) in [6, 6.07) is 7.94. The average Bonchev–Trinajstić information content (AvgIpc) is 3.44. The Morgan fingerprint density at radius 2 is 1.90 bits per heavy atom. The maximum atomic E-state index is 12.9. The predicted molar refractivity (Wildman–Crippen MR) is 111 cm³/mol. The lowest BCUT2D eigenvalue weighted by Crippen LogP contribution is -2.30. The van der Waals surface area contributed by atoms with Crippen molar-refractivity contribution in [3.63, 3.8) is 0 Å². The van der Waals surface area contributed by atoms with Gasteiger partial charge >= 0.3 is 0 Å². The molecule has 0 bridgehead atoms. The molecule has 0 fully saturated rings. The van der Waals surface area contributed by atoms with E-state index >= 15 is 0 Å². The Bertz CT molecular complexity index is 1160. The Morgan fingerprint density at radius 1 is 1.13 bits per heavy atom. The zero-order valence-corrected chi connectivity index (χ0v) is 17.5. The molecule has 1 atom stereocenters. The third kappa shape index (κ3) is 3.66. The van der Waals surface area contributed by atoms with Crippen LogP contribution in [0, 0.1) is 13.8 Å². The molecule has 0 saturated heterocycles. The summed E-state index contributed by atoms with van der Waals surface area (Å²) in [5.41, 5.74) is 4.90. The van der Waals surface area contributed by atoms with Crippen LogP contribution in [0.25, 0.3) is 11.5 Å². The molecule has 30 heavy (non-hydrogen) atoms. The third-order valence-electron chi connectivity index (χ3n) is 5.61. The van der Waals surface area contributed by atoms with Gasteiger partial charge < -0.3 is 4.90 Å². The number of fused-ring (bicyclic) bond motifs is 1. The van der Waals surface area contributed by atoms with Gasteiger partial charge in [-0.05, 0) is 50.5 Å². The minimum Gasteiger partial charge on any atom is -0.339 e. The molecule has 154 valence electrons. The van der Waals surface area contributed by atoms with E-state index in [0.29, 0.717) is 18.6 Å². The quantitative estimate of drug-likeness (QED) is 0.490. The molecule has 0 N–H and O–H groups in total. The van der Waals surface area contributed by atoms with Crippen molar-refractivity contribution in [3.8, 4) is 5.69 Å². The lowest BCUT2D eigenvalue weighted by Gasteiger charge is -2.26. The zero-order valence-electron chi connectivity index (χ0n) is 17.5. The summed E-state index contributed by atoms with van der Waals surface area (Å²) in [7, 11) is 1.84. The molecule has 9 nitrogen and oxygen atoms in total. The van der Waals surface area contributed by atoms with Crippen LogP contribution in [0.5, 0.6) is 0 Å². The first kappa shape index (κ1) is 19.7. The molecule has 4 rings (SSSR count). The molecule has 4 aromatic rings. The molecule has 0 saturated carbocycles. The molecule has 0 unspecified atom stereocenters. The highest BCUT2D eigenvalue weighted by Crippen LogP contribution is 2.22. The van der Waals surface area contributed by atoms with Crippen LogP contribution in [0.15, 0.2) is 43.2 Å². The molecule has 3 heterocycles. The number of carbonyl (C=O) groups excluding carboxylic acids is 1. The van der Waals surface area contributed by atoms with Crippen molar-refractivity contribution in [3.05, 3.63) is 65.8 Å². The maximum absolute atomic E-state index is 12.9. The van der Waals surface area contributed by atoms with Crippen LogP contribution in [0.2, 0.25) is 0 Å². The van der Waals surface area contributed by atoms with Crippen LogP contribution < -0.4 is 0 Å². The van der Waals surface area contributed by atoms with E-state index in [4.69, 9.17) is 0 Å². The number of aromatic nitrogens is 7. The number of hydrogen-bond donors (Lipinski definition) is 0.